The Morgan fingerprint density at radius 1 is 1.38 bits per heavy atom. The fourth-order valence-corrected chi connectivity index (χ4v) is 3.49. The van der Waals surface area contributed by atoms with Crippen LogP contribution < -0.4 is 4.74 Å². The monoisotopic (exact) mass is 439 g/mol. The van der Waals surface area contributed by atoms with Crippen molar-refractivity contribution in [3.8, 4) is 17.1 Å². The minimum Gasteiger partial charge on any atom is -0.440 e. The Bertz CT molecular complexity index is 927. The van der Waals surface area contributed by atoms with E-state index in [1.54, 1.807) is 0 Å². The standard InChI is InChI=1S/C14H10BrCl2F2N3O2/c1-3-7-20-10-6(17)4-5(16)8(12(10)23-7)11-9(15)13(22(2)21-11)24-14(18)19/h4,14H,3H2,1-2H3. The molecule has 0 aliphatic carbocycles. The molecule has 2 aromatic heterocycles. The van der Waals surface area contributed by atoms with Crippen molar-refractivity contribution in [2.24, 2.45) is 7.05 Å². The highest BCUT2D eigenvalue weighted by atomic mass is 79.9. The highest BCUT2D eigenvalue weighted by Crippen LogP contribution is 2.44. The normalized spacial score (nSPS) is 11.7. The Morgan fingerprint density at radius 2 is 2.08 bits per heavy atom. The third-order valence-electron chi connectivity index (χ3n) is 3.30. The number of halogens is 5. The van der Waals surface area contributed by atoms with Gasteiger partial charge >= 0.3 is 6.61 Å². The zero-order chi connectivity index (χ0) is 17.6. The van der Waals surface area contributed by atoms with E-state index in [0.717, 1.165) is 0 Å². The molecule has 3 aromatic rings. The Morgan fingerprint density at radius 3 is 2.71 bits per heavy atom. The van der Waals surface area contributed by atoms with Crippen molar-refractivity contribution in [1.29, 1.82) is 0 Å². The highest BCUT2D eigenvalue weighted by Gasteiger charge is 2.26. The molecule has 0 spiro atoms. The van der Waals surface area contributed by atoms with Gasteiger partial charge in [0.05, 0.1) is 15.6 Å². The molecule has 0 aliphatic rings. The van der Waals surface area contributed by atoms with E-state index >= 15 is 0 Å². The van der Waals surface area contributed by atoms with Gasteiger partial charge in [-0.15, -0.1) is 0 Å². The summed E-state index contributed by atoms with van der Waals surface area (Å²) in [5.41, 5.74) is 1.46. The van der Waals surface area contributed by atoms with Crippen LogP contribution >= 0.6 is 39.1 Å². The molecule has 5 nitrogen and oxygen atoms in total. The van der Waals surface area contributed by atoms with Gasteiger partial charge in [0.25, 0.3) is 0 Å². The number of oxazole rings is 1. The lowest BCUT2D eigenvalue weighted by Gasteiger charge is -2.05. The van der Waals surface area contributed by atoms with Gasteiger partial charge in [0.1, 0.15) is 15.7 Å². The molecule has 0 aliphatic heterocycles. The minimum absolute atomic E-state index is 0.130. The van der Waals surface area contributed by atoms with E-state index in [1.165, 1.54) is 17.8 Å². The SMILES string of the molecule is CCc1nc2c(Cl)cc(Cl)c(-c3nn(C)c(OC(F)F)c3Br)c2o1. The fourth-order valence-electron chi connectivity index (χ4n) is 2.28. The number of nitrogens with zero attached hydrogens (tertiary/aromatic N) is 3. The predicted molar refractivity (Wildman–Crippen MR) is 89.9 cm³/mol. The summed E-state index contributed by atoms with van der Waals surface area (Å²) >= 11 is 15.7. The van der Waals surface area contributed by atoms with E-state index in [0.29, 0.717) is 39.7 Å². The van der Waals surface area contributed by atoms with Crippen LogP contribution in [0.5, 0.6) is 5.88 Å². The van der Waals surface area contributed by atoms with Crippen molar-refractivity contribution in [3.05, 3.63) is 26.5 Å². The van der Waals surface area contributed by atoms with Crippen molar-refractivity contribution in [2.45, 2.75) is 20.0 Å². The zero-order valence-corrected chi connectivity index (χ0v) is 15.5. The average molecular weight is 441 g/mol. The maximum atomic E-state index is 12.6. The van der Waals surface area contributed by atoms with Crippen molar-refractivity contribution in [2.75, 3.05) is 0 Å². The highest BCUT2D eigenvalue weighted by molar-refractivity contribution is 9.10. The van der Waals surface area contributed by atoms with Crippen LogP contribution in [0.4, 0.5) is 8.78 Å². The van der Waals surface area contributed by atoms with Crippen LogP contribution in [0.2, 0.25) is 10.0 Å². The number of benzene rings is 1. The molecule has 0 radical (unpaired) electrons. The molecule has 0 amide bonds. The first-order valence-corrected chi connectivity index (χ1v) is 8.33. The first-order chi connectivity index (χ1) is 11.3. The Hall–Kier alpha value is -1.38. The maximum absolute atomic E-state index is 12.6. The Kier molecular flexibility index (Phi) is 4.72. The second kappa shape index (κ2) is 6.50. The average Bonchev–Trinajstić information content (AvgIpc) is 3.04. The molecule has 0 fully saturated rings. The van der Waals surface area contributed by atoms with Gasteiger partial charge in [0.15, 0.2) is 11.5 Å². The molecular formula is C14H10BrCl2F2N3O2. The van der Waals surface area contributed by atoms with Crippen LogP contribution in [0.25, 0.3) is 22.4 Å². The van der Waals surface area contributed by atoms with Gasteiger partial charge in [-0.05, 0) is 22.0 Å². The molecular weight excluding hydrogens is 431 g/mol. The molecule has 0 atom stereocenters. The van der Waals surface area contributed by atoms with E-state index < -0.39 is 6.61 Å². The molecule has 0 bridgehead atoms. The van der Waals surface area contributed by atoms with E-state index in [2.05, 4.69) is 30.7 Å². The zero-order valence-electron chi connectivity index (χ0n) is 12.4. The number of rotatable bonds is 4. The molecule has 0 N–H and O–H groups in total. The van der Waals surface area contributed by atoms with E-state index in [-0.39, 0.29) is 15.4 Å². The fraction of sp³-hybridized carbons (Fsp3) is 0.286. The van der Waals surface area contributed by atoms with Gasteiger partial charge in [-0.25, -0.2) is 9.67 Å². The number of hydrogen-bond acceptors (Lipinski definition) is 4. The van der Waals surface area contributed by atoms with Crippen molar-refractivity contribution in [1.82, 2.24) is 14.8 Å². The van der Waals surface area contributed by atoms with Gasteiger partial charge in [-0.2, -0.15) is 13.9 Å². The first-order valence-electron chi connectivity index (χ1n) is 6.78. The molecule has 0 unspecified atom stereocenters. The molecule has 0 saturated heterocycles. The Balaban J connectivity index is 2.29. The summed E-state index contributed by atoms with van der Waals surface area (Å²) in [4.78, 5) is 4.31. The second-order valence-corrected chi connectivity index (χ2v) is 6.43. The molecule has 128 valence electrons. The maximum Gasteiger partial charge on any atom is 0.388 e. The second-order valence-electron chi connectivity index (χ2n) is 4.82. The lowest BCUT2D eigenvalue weighted by atomic mass is 10.1. The van der Waals surface area contributed by atoms with Gasteiger partial charge in [-0.1, -0.05) is 30.1 Å². The van der Waals surface area contributed by atoms with E-state index in [4.69, 9.17) is 27.6 Å². The molecule has 0 saturated carbocycles. The summed E-state index contributed by atoms with van der Waals surface area (Å²) in [5.74, 6) is 0.348. The summed E-state index contributed by atoms with van der Waals surface area (Å²) < 4.78 is 36.7. The lowest BCUT2D eigenvalue weighted by Crippen LogP contribution is -2.06. The molecule has 2 heterocycles. The van der Waals surface area contributed by atoms with Crippen LogP contribution in [-0.2, 0) is 13.5 Å². The number of aromatic nitrogens is 3. The van der Waals surface area contributed by atoms with Crippen LogP contribution in [-0.4, -0.2) is 21.4 Å². The topological polar surface area (TPSA) is 53.1 Å². The smallest absolute Gasteiger partial charge is 0.388 e. The van der Waals surface area contributed by atoms with E-state index in [1.807, 2.05) is 6.92 Å². The Labute approximate surface area is 153 Å². The number of fused-ring (bicyclic) bond motifs is 1. The van der Waals surface area contributed by atoms with Crippen LogP contribution in [0.15, 0.2) is 15.0 Å². The van der Waals surface area contributed by atoms with Crippen LogP contribution in [0.1, 0.15) is 12.8 Å². The van der Waals surface area contributed by atoms with Crippen molar-refractivity contribution in [3.63, 3.8) is 0 Å². The molecule has 24 heavy (non-hydrogen) atoms. The largest absolute Gasteiger partial charge is 0.440 e. The van der Waals surface area contributed by atoms with Gasteiger partial charge in [-0.3, -0.25) is 0 Å². The van der Waals surface area contributed by atoms with Crippen LogP contribution in [0.3, 0.4) is 0 Å². The van der Waals surface area contributed by atoms with Gasteiger partial charge < -0.3 is 9.15 Å². The van der Waals surface area contributed by atoms with Crippen LogP contribution in [0, 0.1) is 0 Å². The third-order valence-corrected chi connectivity index (χ3v) is 4.60. The minimum atomic E-state index is -2.98. The molecule has 10 heteroatoms. The summed E-state index contributed by atoms with van der Waals surface area (Å²) in [7, 11) is 1.48. The molecule has 3 rings (SSSR count). The summed E-state index contributed by atoms with van der Waals surface area (Å²) in [5, 5.41) is 4.80. The summed E-state index contributed by atoms with van der Waals surface area (Å²) in [6.07, 6.45) is 0.561. The summed E-state index contributed by atoms with van der Waals surface area (Å²) in [6, 6.07) is 1.51. The number of alkyl halides is 2. The third kappa shape index (κ3) is 2.87. The molecule has 1 aromatic carbocycles. The number of ether oxygens (including phenoxy) is 1. The van der Waals surface area contributed by atoms with Gasteiger partial charge in [0.2, 0.25) is 5.88 Å². The summed E-state index contributed by atoms with van der Waals surface area (Å²) in [6.45, 7) is -1.10. The van der Waals surface area contributed by atoms with E-state index in [9.17, 15) is 8.78 Å². The van der Waals surface area contributed by atoms with Crippen molar-refractivity contribution >= 4 is 50.2 Å². The van der Waals surface area contributed by atoms with Crippen molar-refractivity contribution < 1.29 is 17.9 Å². The number of hydrogen-bond donors (Lipinski definition) is 0. The van der Waals surface area contributed by atoms with Gasteiger partial charge in [0, 0.05) is 13.5 Å². The predicted octanol–water partition coefficient (Wildman–Crippen LogP) is 5.46. The number of aryl methyl sites for hydroxylation is 2. The first kappa shape index (κ1) is 17.4. The quantitative estimate of drug-likeness (QED) is 0.540. The lowest BCUT2D eigenvalue weighted by molar-refractivity contribution is -0.0558.